The average molecular weight is 386 g/mol. The van der Waals surface area contributed by atoms with Crippen LogP contribution in [0.2, 0.25) is 0 Å². The van der Waals surface area contributed by atoms with Gasteiger partial charge < -0.3 is 10.2 Å². The molecule has 2 aliphatic heterocycles. The van der Waals surface area contributed by atoms with Crippen LogP contribution in [0.3, 0.4) is 0 Å². The molecule has 3 heterocycles. The van der Waals surface area contributed by atoms with Crippen LogP contribution in [-0.4, -0.2) is 59.0 Å². The van der Waals surface area contributed by atoms with E-state index in [4.69, 9.17) is 0 Å². The highest BCUT2D eigenvalue weighted by Crippen LogP contribution is 2.51. The van der Waals surface area contributed by atoms with Gasteiger partial charge in [0.15, 0.2) is 5.16 Å². The topological polar surface area (TPSA) is 146 Å². The first-order valence-electron chi connectivity index (χ1n) is 7.16. The highest BCUT2D eigenvalue weighted by molar-refractivity contribution is 8.06. The Morgan fingerprint density at radius 2 is 2.12 bits per heavy atom. The maximum Gasteiger partial charge on any atom is 0.353 e. The number of fused-ring (bicyclic) bond motifs is 1. The van der Waals surface area contributed by atoms with Crippen molar-refractivity contribution in [3.05, 3.63) is 31.3 Å². The summed E-state index contributed by atoms with van der Waals surface area (Å²) in [6.07, 6.45) is -0.870. The third-order valence-corrected chi connectivity index (χ3v) is 6.46. The van der Waals surface area contributed by atoms with Crippen LogP contribution < -0.4 is 11.1 Å². The average Bonchev–Trinajstić information content (AvgIpc) is 2.83. The first-order valence-corrected chi connectivity index (χ1v) is 9.03. The summed E-state index contributed by atoms with van der Waals surface area (Å²) in [6, 6.07) is 0. The van der Waals surface area contributed by atoms with Gasteiger partial charge in [0.25, 0.3) is 0 Å². The van der Waals surface area contributed by atoms with Crippen molar-refractivity contribution in [2.45, 2.75) is 23.6 Å². The first kappa shape index (κ1) is 17.8. The monoisotopic (exact) mass is 386 g/mol. The fraction of sp³-hybridized carbons (Fsp3) is 0.462. The third kappa shape index (κ3) is 2.89. The van der Waals surface area contributed by atoms with Gasteiger partial charge in [0, 0.05) is 17.7 Å². The lowest BCUT2D eigenvalue weighted by molar-refractivity contribution is -0.156. The number of aryl methyl sites for hydroxylation is 1. The number of aromatic nitrogens is 3. The number of hydrogen-bond donors (Lipinski definition) is 3. The van der Waals surface area contributed by atoms with Gasteiger partial charge in [0.2, 0.25) is 5.91 Å². The molecule has 0 spiro atoms. The number of aliphatic hydroxyl groups excluding tert-OH is 1. The maximum atomic E-state index is 12.1. The molecular weight excluding hydrogens is 372 g/mol. The number of nitrogens with zero attached hydrogens (tertiary/aromatic N) is 3. The number of nitrogens with one attached hydrogen (secondary N) is 1. The molecule has 0 unspecified atom stereocenters. The number of aliphatic carboxylic acids is 1. The van der Waals surface area contributed by atoms with Gasteiger partial charge in [-0.15, -0.1) is 11.8 Å². The lowest BCUT2D eigenvalue weighted by Gasteiger charge is -2.43. The number of aromatic amines is 1. The van der Waals surface area contributed by atoms with Crippen molar-refractivity contribution in [1.29, 1.82) is 0 Å². The number of carbonyl (C=O) groups is 2. The quantitative estimate of drug-likeness (QED) is 0.321. The van der Waals surface area contributed by atoms with Crippen LogP contribution in [0, 0.1) is 5.92 Å². The molecule has 0 aromatic carbocycles. The summed E-state index contributed by atoms with van der Waals surface area (Å²) in [5.74, 6) is -2.13. The van der Waals surface area contributed by atoms with Crippen LogP contribution in [0.15, 0.2) is 25.3 Å². The predicted octanol–water partition coefficient (Wildman–Crippen LogP) is -1.23. The van der Waals surface area contributed by atoms with E-state index in [2.05, 4.69) is 10.1 Å². The van der Waals surface area contributed by atoms with E-state index in [9.17, 15) is 29.4 Å². The molecule has 3 rings (SSSR count). The van der Waals surface area contributed by atoms with Gasteiger partial charge in [-0.25, -0.2) is 4.79 Å². The standard InChI is InChI=1S/C13H14N4O6S2/c1-4(18)6-10(21)17-7(12(22)23)5(25-11(6)17)3-24-13-14-8(19)9(20)15-16(13)2/h4,6,11,18H,3H2,1-2H3,(H,15,20)(H,22,23)/t4-,6+,11-/m1/s1. The lowest BCUT2D eigenvalue weighted by atomic mass is 9.92. The van der Waals surface area contributed by atoms with Crippen molar-refractivity contribution in [1.82, 2.24) is 19.7 Å². The van der Waals surface area contributed by atoms with E-state index in [1.165, 1.54) is 35.3 Å². The van der Waals surface area contributed by atoms with E-state index in [1.54, 1.807) is 0 Å². The Morgan fingerprint density at radius 3 is 2.72 bits per heavy atom. The van der Waals surface area contributed by atoms with Crippen molar-refractivity contribution in [2.75, 3.05) is 5.75 Å². The number of H-pyrrole nitrogens is 1. The minimum Gasteiger partial charge on any atom is -0.477 e. The van der Waals surface area contributed by atoms with Gasteiger partial charge in [-0.05, 0) is 6.92 Å². The number of amides is 1. The molecule has 10 nitrogen and oxygen atoms in total. The maximum absolute atomic E-state index is 12.1. The van der Waals surface area contributed by atoms with Crippen LogP contribution in [-0.2, 0) is 16.6 Å². The smallest absolute Gasteiger partial charge is 0.353 e. The van der Waals surface area contributed by atoms with Gasteiger partial charge in [-0.1, -0.05) is 11.8 Å². The summed E-state index contributed by atoms with van der Waals surface area (Å²) in [5, 5.41) is 21.2. The SMILES string of the molecule is C[C@@H](O)[C@H]1C(=O)N2C(C(=O)O)=C(CSc3nc(=O)c(=O)[nH]n3C)S[C@H]12. The molecule has 3 N–H and O–H groups in total. The highest BCUT2D eigenvalue weighted by atomic mass is 32.2. The molecule has 3 atom stereocenters. The molecule has 1 amide bonds. The molecule has 0 bridgehead atoms. The van der Waals surface area contributed by atoms with E-state index in [0.29, 0.717) is 4.91 Å². The second-order valence-electron chi connectivity index (χ2n) is 5.55. The second-order valence-corrected chi connectivity index (χ2v) is 7.70. The van der Waals surface area contributed by atoms with Gasteiger partial charge in [0.05, 0.1) is 12.0 Å². The Hall–Kier alpha value is -2.05. The predicted molar refractivity (Wildman–Crippen MR) is 88.9 cm³/mol. The minimum absolute atomic E-state index is 0.112. The summed E-state index contributed by atoms with van der Waals surface area (Å²) in [4.78, 5) is 51.5. The van der Waals surface area contributed by atoms with Crippen LogP contribution in [0.25, 0.3) is 0 Å². The van der Waals surface area contributed by atoms with Crippen LogP contribution >= 0.6 is 23.5 Å². The van der Waals surface area contributed by atoms with E-state index in [0.717, 1.165) is 11.8 Å². The Kier molecular flexibility index (Phi) is 4.51. The van der Waals surface area contributed by atoms with E-state index < -0.39 is 40.4 Å². The number of aliphatic hydroxyl groups is 1. The number of carboxylic acid groups (broad SMARTS) is 1. The van der Waals surface area contributed by atoms with Crippen LogP contribution in [0.4, 0.5) is 0 Å². The summed E-state index contributed by atoms with van der Waals surface area (Å²) in [7, 11) is 1.50. The number of carbonyl (C=O) groups excluding carboxylic acids is 1. The number of thioether (sulfide) groups is 2. The van der Waals surface area contributed by atoms with Crippen molar-refractivity contribution in [3.63, 3.8) is 0 Å². The van der Waals surface area contributed by atoms with Crippen molar-refractivity contribution >= 4 is 35.4 Å². The molecule has 1 aromatic heterocycles. The number of rotatable bonds is 5. The zero-order valence-corrected chi connectivity index (χ0v) is 14.8. The Labute approximate surface area is 148 Å². The summed E-state index contributed by atoms with van der Waals surface area (Å²) in [6.45, 7) is 1.49. The van der Waals surface area contributed by atoms with Gasteiger partial charge in [-0.3, -0.25) is 29.1 Å². The molecule has 0 saturated carbocycles. The Bertz CT molecular complexity index is 905. The summed E-state index contributed by atoms with van der Waals surface area (Å²) < 4.78 is 1.27. The number of hydrogen-bond acceptors (Lipinski definition) is 8. The third-order valence-electron chi connectivity index (χ3n) is 3.85. The summed E-state index contributed by atoms with van der Waals surface area (Å²) in [5.41, 5.74) is -1.89. The van der Waals surface area contributed by atoms with Gasteiger partial charge in [0.1, 0.15) is 11.1 Å². The molecule has 1 fully saturated rings. The van der Waals surface area contributed by atoms with Crippen LogP contribution in [0.5, 0.6) is 0 Å². The molecule has 0 aliphatic carbocycles. The summed E-state index contributed by atoms with van der Waals surface area (Å²) >= 11 is 2.28. The van der Waals surface area contributed by atoms with E-state index in [1.807, 2.05) is 0 Å². The lowest BCUT2D eigenvalue weighted by Crippen LogP contribution is -2.60. The van der Waals surface area contributed by atoms with Crippen molar-refractivity contribution < 1.29 is 19.8 Å². The molecule has 1 aromatic rings. The Morgan fingerprint density at radius 1 is 1.44 bits per heavy atom. The van der Waals surface area contributed by atoms with Gasteiger partial charge >= 0.3 is 17.1 Å². The normalized spacial score (nSPS) is 23.5. The van der Waals surface area contributed by atoms with Gasteiger partial charge in [-0.2, -0.15) is 4.98 Å². The molecule has 0 radical (unpaired) electrons. The van der Waals surface area contributed by atoms with E-state index >= 15 is 0 Å². The largest absolute Gasteiger partial charge is 0.477 e. The second kappa shape index (κ2) is 6.35. The first-order chi connectivity index (χ1) is 11.7. The Balaban J connectivity index is 1.84. The zero-order chi connectivity index (χ0) is 18.5. The fourth-order valence-corrected chi connectivity index (χ4v) is 5.30. The van der Waals surface area contributed by atoms with Crippen molar-refractivity contribution in [3.8, 4) is 0 Å². The molecule has 2 aliphatic rings. The highest BCUT2D eigenvalue weighted by Gasteiger charge is 2.57. The molecule has 1 saturated heterocycles. The zero-order valence-electron chi connectivity index (χ0n) is 13.1. The molecule has 134 valence electrons. The van der Waals surface area contributed by atoms with E-state index in [-0.39, 0.29) is 16.6 Å². The van der Waals surface area contributed by atoms with Crippen molar-refractivity contribution in [2.24, 2.45) is 13.0 Å². The number of carboxylic acids is 1. The molecule has 25 heavy (non-hydrogen) atoms. The molecule has 12 heteroatoms. The van der Waals surface area contributed by atoms with Crippen LogP contribution in [0.1, 0.15) is 6.92 Å². The fourth-order valence-electron chi connectivity index (χ4n) is 2.67. The minimum atomic E-state index is -1.23. The molecular formula is C13H14N4O6S2. The number of β-lactam (4-membered cyclic amide) rings is 1.